The summed E-state index contributed by atoms with van der Waals surface area (Å²) < 4.78 is 0. The largest absolute Gasteiger partial charge is 0.310 e. The van der Waals surface area contributed by atoms with Crippen molar-refractivity contribution >= 4 is 34.1 Å². The van der Waals surface area contributed by atoms with Gasteiger partial charge in [-0.05, 0) is 170 Å². The maximum atomic E-state index is 2.44. The summed E-state index contributed by atoms with van der Waals surface area (Å²) in [6, 6.07) is 58.9. The van der Waals surface area contributed by atoms with Gasteiger partial charge in [0.15, 0.2) is 0 Å². The van der Waals surface area contributed by atoms with Gasteiger partial charge in [0.2, 0.25) is 0 Å². The maximum absolute atomic E-state index is 2.44. The van der Waals surface area contributed by atoms with E-state index in [9.17, 15) is 0 Å². The molecule has 0 heterocycles. The highest BCUT2D eigenvalue weighted by molar-refractivity contribution is 5.90. The van der Waals surface area contributed by atoms with E-state index in [2.05, 4.69) is 209 Å². The standard InChI is InChI=1S/C54H56N2/c1-7-9-14-43-22-28-47(29-23-43)55(53-36-39(3)18-20-41(53)5)49-32-26-46(27-33-49)52-38-50(34-35-51(52)45-16-12-11-13-17-45)56(54-37-40(4)19-21-42(54)6)48-30-24-44(25-31-48)15-10-8-2/h11-13,16-38H,7-10,14-15H2,1-6H3. The summed E-state index contributed by atoms with van der Waals surface area (Å²) in [5.41, 5.74) is 19.6. The Morgan fingerprint density at radius 1 is 0.375 bits per heavy atom. The van der Waals surface area contributed by atoms with Crippen LogP contribution in [0.15, 0.2) is 158 Å². The molecule has 7 aromatic rings. The van der Waals surface area contributed by atoms with Gasteiger partial charge >= 0.3 is 0 Å². The summed E-state index contributed by atoms with van der Waals surface area (Å²) >= 11 is 0. The van der Waals surface area contributed by atoms with Crippen LogP contribution in [0.1, 0.15) is 72.9 Å². The van der Waals surface area contributed by atoms with E-state index in [-0.39, 0.29) is 0 Å². The lowest BCUT2D eigenvalue weighted by Crippen LogP contribution is -2.12. The average molecular weight is 733 g/mol. The Balaban J connectivity index is 1.35. The van der Waals surface area contributed by atoms with Gasteiger partial charge in [-0.1, -0.05) is 124 Å². The van der Waals surface area contributed by atoms with Crippen LogP contribution in [0.3, 0.4) is 0 Å². The van der Waals surface area contributed by atoms with Gasteiger partial charge in [-0.3, -0.25) is 0 Å². The average Bonchev–Trinajstić information content (AvgIpc) is 3.23. The molecule has 0 saturated carbocycles. The van der Waals surface area contributed by atoms with E-state index < -0.39 is 0 Å². The lowest BCUT2D eigenvalue weighted by molar-refractivity contribution is 0.795. The summed E-state index contributed by atoms with van der Waals surface area (Å²) in [5.74, 6) is 0. The first kappa shape index (κ1) is 38.4. The lowest BCUT2D eigenvalue weighted by atomic mass is 9.93. The third-order valence-corrected chi connectivity index (χ3v) is 11.0. The predicted molar refractivity (Wildman–Crippen MR) is 243 cm³/mol. The Morgan fingerprint density at radius 3 is 1.29 bits per heavy atom. The predicted octanol–water partition coefficient (Wildman–Crippen LogP) is 15.9. The van der Waals surface area contributed by atoms with Crippen molar-refractivity contribution in [3.8, 4) is 22.3 Å². The fraction of sp³-hybridized carbons (Fsp3) is 0.222. The minimum absolute atomic E-state index is 1.11. The van der Waals surface area contributed by atoms with E-state index >= 15 is 0 Å². The first-order valence-electron chi connectivity index (χ1n) is 20.6. The van der Waals surface area contributed by atoms with Crippen LogP contribution < -0.4 is 9.80 Å². The Bertz CT molecular complexity index is 2350. The minimum Gasteiger partial charge on any atom is -0.310 e. The van der Waals surface area contributed by atoms with Crippen LogP contribution in [0.25, 0.3) is 22.3 Å². The zero-order chi connectivity index (χ0) is 39.0. The van der Waals surface area contributed by atoms with Gasteiger partial charge in [0.1, 0.15) is 0 Å². The van der Waals surface area contributed by atoms with Crippen LogP contribution in [-0.2, 0) is 12.8 Å². The molecule has 0 aliphatic heterocycles. The molecule has 0 spiro atoms. The number of hydrogen-bond acceptors (Lipinski definition) is 2. The number of anilines is 6. The van der Waals surface area contributed by atoms with Gasteiger partial charge in [0.25, 0.3) is 0 Å². The van der Waals surface area contributed by atoms with Gasteiger partial charge in [-0.2, -0.15) is 0 Å². The molecule has 7 aromatic carbocycles. The van der Waals surface area contributed by atoms with Gasteiger partial charge in [-0.25, -0.2) is 0 Å². The molecule has 0 bridgehead atoms. The molecule has 0 unspecified atom stereocenters. The number of rotatable bonds is 14. The van der Waals surface area contributed by atoms with Crippen LogP contribution in [0.5, 0.6) is 0 Å². The fourth-order valence-corrected chi connectivity index (χ4v) is 7.73. The second-order valence-corrected chi connectivity index (χ2v) is 15.4. The number of aryl methyl sites for hydroxylation is 6. The van der Waals surface area contributed by atoms with E-state index in [4.69, 9.17) is 0 Å². The molecule has 0 saturated heterocycles. The third-order valence-electron chi connectivity index (χ3n) is 11.0. The van der Waals surface area contributed by atoms with Crippen molar-refractivity contribution in [1.29, 1.82) is 0 Å². The minimum atomic E-state index is 1.11. The smallest absolute Gasteiger partial charge is 0.0493 e. The van der Waals surface area contributed by atoms with Crippen molar-refractivity contribution < 1.29 is 0 Å². The van der Waals surface area contributed by atoms with Gasteiger partial charge in [0.05, 0.1) is 0 Å². The highest BCUT2D eigenvalue weighted by Gasteiger charge is 2.20. The monoisotopic (exact) mass is 732 g/mol. The van der Waals surface area contributed by atoms with Crippen molar-refractivity contribution in [3.05, 3.63) is 191 Å². The molecule has 0 aliphatic carbocycles. The van der Waals surface area contributed by atoms with Crippen molar-refractivity contribution in [2.75, 3.05) is 9.80 Å². The van der Waals surface area contributed by atoms with E-state index in [0.29, 0.717) is 0 Å². The summed E-state index contributed by atoms with van der Waals surface area (Å²) in [7, 11) is 0. The van der Waals surface area contributed by atoms with Crippen molar-refractivity contribution in [2.24, 2.45) is 0 Å². The molecular formula is C54H56N2. The molecule has 0 radical (unpaired) electrons. The molecule has 7 rings (SSSR count). The number of nitrogens with zero attached hydrogens (tertiary/aromatic N) is 2. The Kier molecular flexibility index (Phi) is 12.2. The summed E-state index contributed by atoms with van der Waals surface area (Å²) in [6.45, 7) is 13.3. The highest BCUT2D eigenvalue weighted by atomic mass is 15.1. The second-order valence-electron chi connectivity index (χ2n) is 15.4. The molecule has 56 heavy (non-hydrogen) atoms. The highest BCUT2D eigenvalue weighted by Crippen LogP contribution is 2.43. The topological polar surface area (TPSA) is 6.48 Å². The molecule has 0 N–H and O–H groups in total. The molecule has 282 valence electrons. The number of hydrogen-bond donors (Lipinski definition) is 0. The third kappa shape index (κ3) is 8.66. The summed E-state index contributed by atoms with van der Waals surface area (Å²) in [6.07, 6.45) is 7.04. The summed E-state index contributed by atoms with van der Waals surface area (Å²) in [5, 5.41) is 0. The zero-order valence-electron chi connectivity index (χ0n) is 34.1. The molecule has 0 amide bonds. The van der Waals surface area contributed by atoms with Crippen molar-refractivity contribution in [2.45, 2.75) is 80.1 Å². The second kappa shape index (κ2) is 17.7. The first-order valence-corrected chi connectivity index (χ1v) is 20.6. The van der Waals surface area contributed by atoms with E-state index in [0.717, 1.165) is 29.9 Å². The SMILES string of the molecule is CCCCc1ccc(N(c2ccc(-c3cc(N(c4ccc(CCCC)cc4)c4cc(C)ccc4C)ccc3-c3ccccc3)cc2)c2cc(C)ccc2C)cc1. The van der Waals surface area contributed by atoms with Crippen LogP contribution in [0, 0.1) is 27.7 Å². The zero-order valence-corrected chi connectivity index (χ0v) is 34.1. The molecule has 2 heteroatoms. The Hall–Kier alpha value is -5.86. The normalized spacial score (nSPS) is 11.1. The fourth-order valence-electron chi connectivity index (χ4n) is 7.73. The molecular weight excluding hydrogens is 677 g/mol. The van der Waals surface area contributed by atoms with E-state index in [1.165, 1.54) is 98.4 Å². The van der Waals surface area contributed by atoms with Crippen molar-refractivity contribution in [1.82, 2.24) is 0 Å². The molecule has 0 aliphatic rings. The summed E-state index contributed by atoms with van der Waals surface area (Å²) in [4.78, 5) is 4.85. The van der Waals surface area contributed by atoms with Gasteiger partial charge in [-0.15, -0.1) is 0 Å². The number of unbranched alkanes of at least 4 members (excludes halogenated alkanes) is 2. The molecule has 2 nitrogen and oxygen atoms in total. The molecule has 0 fully saturated rings. The van der Waals surface area contributed by atoms with Crippen molar-refractivity contribution in [3.63, 3.8) is 0 Å². The lowest BCUT2D eigenvalue weighted by Gasteiger charge is -2.29. The Morgan fingerprint density at radius 2 is 0.804 bits per heavy atom. The Labute approximate surface area is 336 Å². The van der Waals surface area contributed by atoms with E-state index in [1.54, 1.807) is 0 Å². The number of benzene rings is 7. The van der Waals surface area contributed by atoms with Crippen LogP contribution in [-0.4, -0.2) is 0 Å². The first-order chi connectivity index (χ1) is 27.3. The quantitative estimate of drug-likeness (QED) is 0.110. The van der Waals surface area contributed by atoms with E-state index in [1.807, 2.05) is 0 Å². The van der Waals surface area contributed by atoms with Crippen LogP contribution >= 0.6 is 0 Å². The van der Waals surface area contributed by atoms with Gasteiger partial charge in [0, 0.05) is 34.1 Å². The maximum Gasteiger partial charge on any atom is 0.0493 e. The van der Waals surface area contributed by atoms with Gasteiger partial charge < -0.3 is 9.80 Å². The molecule has 0 atom stereocenters. The van der Waals surface area contributed by atoms with Crippen LogP contribution in [0.2, 0.25) is 0 Å². The van der Waals surface area contributed by atoms with Crippen LogP contribution in [0.4, 0.5) is 34.1 Å². The molecule has 0 aromatic heterocycles.